The first-order chi connectivity index (χ1) is 13.5. The van der Waals surface area contributed by atoms with Crippen molar-refractivity contribution < 1.29 is 19.1 Å². The molecule has 0 N–H and O–H groups in total. The lowest BCUT2D eigenvalue weighted by atomic mass is 10.1. The van der Waals surface area contributed by atoms with E-state index in [1.807, 2.05) is 18.2 Å². The van der Waals surface area contributed by atoms with Gasteiger partial charge in [-0.05, 0) is 37.3 Å². The fraction of sp³-hybridized carbons (Fsp3) is 0.200. The molecule has 0 saturated carbocycles. The van der Waals surface area contributed by atoms with Crippen LogP contribution >= 0.6 is 11.8 Å². The Balaban J connectivity index is 2.24. The summed E-state index contributed by atoms with van der Waals surface area (Å²) in [4.78, 5) is 41.5. The molecule has 0 aliphatic carbocycles. The van der Waals surface area contributed by atoms with Gasteiger partial charge in [0.2, 0.25) is 0 Å². The summed E-state index contributed by atoms with van der Waals surface area (Å²) >= 11 is 1.11. The molecule has 0 unspecified atom stereocenters. The Bertz CT molecular complexity index is 1090. The maximum atomic E-state index is 13.2. The van der Waals surface area contributed by atoms with Crippen LogP contribution in [0.25, 0.3) is 16.6 Å². The normalized spacial score (nSPS) is 11.8. The third-order valence-electron chi connectivity index (χ3n) is 4.09. The van der Waals surface area contributed by atoms with Crippen LogP contribution in [0.15, 0.2) is 58.5 Å². The summed E-state index contributed by atoms with van der Waals surface area (Å²) in [6.07, 6.45) is 0. The molecule has 0 radical (unpaired) electrons. The predicted molar refractivity (Wildman–Crippen MR) is 106 cm³/mol. The quantitative estimate of drug-likeness (QED) is 0.371. The van der Waals surface area contributed by atoms with Crippen molar-refractivity contribution in [3.63, 3.8) is 0 Å². The van der Waals surface area contributed by atoms with Crippen molar-refractivity contribution in [3.05, 3.63) is 64.4 Å². The lowest BCUT2D eigenvalue weighted by Gasteiger charge is -2.15. The van der Waals surface area contributed by atoms with Gasteiger partial charge in [0, 0.05) is 0 Å². The molecule has 8 heteroatoms. The molecule has 3 rings (SSSR count). The first kappa shape index (κ1) is 19.6. The number of esters is 2. The molecular weight excluding hydrogens is 380 g/mol. The first-order valence-corrected chi connectivity index (χ1v) is 9.29. The van der Waals surface area contributed by atoms with Crippen molar-refractivity contribution in [1.82, 2.24) is 9.55 Å². The average Bonchev–Trinajstić information content (AvgIpc) is 2.72. The van der Waals surface area contributed by atoms with Crippen LogP contribution in [0, 0.1) is 0 Å². The number of benzene rings is 2. The Hall–Kier alpha value is -3.13. The van der Waals surface area contributed by atoms with Gasteiger partial charge in [0.15, 0.2) is 5.16 Å². The van der Waals surface area contributed by atoms with Gasteiger partial charge in [0.1, 0.15) is 5.25 Å². The Morgan fingerprint density at radius 2 is 1.79 bits per heavy atom. The summed E-state index contributed by atoms with van der Waals surface area (Å²) in [5, 5.41) is 0.100. The number of hydrogen-bond acceptors (Lipinski definition) is 7. The minimum absolute atomic E-state index is 0.288. The lowest BCUT2D eigenvalue weighted by Crippen LogP contribution is -2.24. The van der Waals surface area contributed by atoms with Gasteiger partial charge >= 0.3 is 11.9 Å². The zero-order valence-electron chi connectivity index (χ0n) is 15.5. The van der Waals surface area contributed by atoms with Crippen molar-refractivity contribution in [3.8, 4) is 5.69 Å². The summed E-state index contributed by atoms with van der Waals surface area (Å²) < 4.78 is 11.0. The van der Waals surface area contributed by atoms with E-state index in [1.54, 1.807) is 25.1 Å². The predicted octanol–water partition coefficient (Wildman–Crippen LogP) is 2.83. The van der Waals surface area contributed by atoms with Crippen molar-refractivity contribution >= 4 is 34.6 Å². The number of thioether (sulfide) groups is 1. The van der Waals surface area contributed by atoms with Gasteiger partial charge in [-0.2, -0.15) is 0 Å². The van der Waals surface area contributed by atoms with Crippen molar-refractivity contribution in [2.75, 3.05) is 14.2 Å². The maximum Gasteiger partial charge on any atom is 0.337 e. The van der Waals surface area contributed by atoms with Crippen LogP contribution in [-0.4, -0.2) is 41.0 Å². The van der Waals surface area contributed by atoms with Crippen LogP contribution in [-0.2, 0) is 14.3 Å². The van der Waals surface area contributed by atoms with E-state index in [9.17, 15) is 14.4 Å². The number of rotatable bonds is 5. The molecule has 1 atom stereocenters. The molecule has 0 spiro atoms. The van der Waals surface area contributed by atoms with Crippen LogP contribution in [0.1, 0.15) is 17.3 Å². The standard InChI is InChI=1S/C20H18N2O5S/c1-12(18(24)26-2)28-20-21-16-11-13(19(25)27-3)9-10-15(16)17(23)22(20)14-7-5-4-6-8-14/h4-12H,1-3H3/t12-/m1/s1. The van der Waals surface area contributed by atoms with E-state index in [4.69, 9.17) is 9.47 Å². The van der Waals surface area contributed by atoms with Crippen LogP contribution in [0.5, 0.6) is 0 Å². The topological polar surface area (TPSA) is 87.5 Å². The highest BCUT2D eigenvalue weighted by Gasteiger charge is 2.21. The molecule has 0 fully saturated rings. The zero-order chi connectivity index (χ0) is 20.3. The van der Waals surface area contributed by atoms with E-state index in [1.165, 1.54) is 30.9 Å². The molecule has 0 saturated heterocycles. The monoisotopic (exact) mass is 398 g/mol. The molecule has 144 valence electrons. The number of carbonyl (C=O) groups is 2. The Labute approximate surface area is 165 Å². The molecule has 1 heterocycles. The molecule has 7 nitrogen and oxygen atoms in total. The minimum atomic E-state index is -0.576. The SMILES string of the molecule is COC(=O)c1ccc2c(=O)n(-c3ccccc3)c(S[C@H](C)C(=O)OC)nc2c1. The second-order valence-corrected chi connectivity index (χ2v) is 7.19. The van der Waals surface area contributed by atoms with E-state index in [-0.39, 0.29) is 11.1 Å². The number of ether oxygens (including phenoxy) is 2. The molecule has 0 amide bonds. The van der Waals surface area contributed by atoms with Gasteiger partial charge in [-0.3, -0.25) is 14.2 Å². The third-order valence-corrected chi connectivity index (χ3v) is 5.12. The van der Waals surface area contributed by atoms with E-state index in [0.717, 1.165) is 11.8 Å². The molecule has 0 bridgehead atoms. The zero-order valence-corrected chi connectivity index (χ0v) is 16.4. The van der Waals surface area contributed by atoms with Crippen LogP contribution < -0.4 is 5.56 Å². The minimum Gasteiger partial charge on any atom is -0.468 e. The van der Waals surface area contributed by atoms with Crippen molar-refractivity contribution in [2.45, 2.75) is 17.3 Å². The number of carbonyl (C=O) groups excluding carboxylic acids is 2. The van der Waals surface area contributed by atoms with Gasteiger partial charge in [0.05, 0.1) is 36.4 Å². The number of aromatic nitrogens is 2. The second-order valence-electron chi connectivity index (χ2n) is 5.88. The van der Waals surface area contributed by atoms with Gasteiger partial charge in [0.25, 0.3) is 5.56 Å². The van der Waals surface area contributed by atoms with Crippen LogP contribution in [0.3, 0.4) is 0 Å². The first-order valence-electron chi connectivity index (χ1n) is 8.41. The third kappa shape index (κ3) is 3.77. The van der Waals surface area contributed by atoms with Crippen LogP contribution in [0.4, 0.5) is 0 Å². The molecule has 3 aromatic rings. The van der Waals surface area contributed by atoms with E-state index in [2.05, 4.69) is 4.98 Å². The Morgan fingerprint density at radius 1 is 1.07 bits per heavy atom. The highest BCUT2D eigenvalue weighted by Crippen LogP contribution is 2.26. The average molecular weight is 398 g/mol. The van der Waals surface area contributed by atoms with Gasteiger partial charge in [-0.1, -0.05) is 30.0 Å². The largest absolute Gasteiger partial charge is 0.468 e. The fourth-order valence-corrected chi connectivity index (χ4v) is 3.62. The summed E-state index contributed by atoms with van der Waals surface area (Å²) in [5.74, 6) is -0.949. The Kier molecular flexibility index (Phi) is 5.79. The molecule has 0 aliphatic heterocycles. The van der Waals surface area contributed by atoms with E-state index < -0.39 is 17.2 Å². The van der Waals surface area contributed by atoms with E-state index in [0.29, 0.717) is 21.7 Å². The van der Waals surface area contributed by atoms with Gasteiger partial charge in [-0.15, -0.1) is 0 Å². The fourth-order valence-electron chi connectivity index (χ4n) is 2.67. The molecule has 1 aromatic heterocycles. The number of para-hydroxylation sites is 1. The number of hydrogen-bond donors (Lipinski definition) is 0. The Morgan fingerprint density at radius 3 is 2.43 bits per heavy atom. The summed E-state index contributed by atoms with van der Waals surface area (Å²) in [6, 6.07) is 13.6. The number of fused-ring (bicyclic) bond motifs is 1. The smallest absolute Gasteiger partial charge is 0.337 e. The van der Waals surface area contributed by atoms with Crippen molar-refractivity contribution in [1.29, 1.82) is 0 Å². The second kappa shape index (κ2) is 8.26. The molecular formula is C20H18N2O5S. The number of nitrogens with zero attached hydrogens (tertiary/aromatic N) is 2. The molecule has 0 aliphatic rings. The van der Waals surface area contributed by atoms with Crippen molar-refractivity contribution in [2.24, 2.45) is 0 Å². The highest BCUT2D eigenvalue weighted by molar-refractivity contribution is 8.00. The highest BCUT2D eigenvalue weighted by atomic mass is 32.2. The summed E-state index contributed by atoms with van der Waals surface area (Å²) in [5.41, 5.74) is 0.960. The maximum absolute atomic E-state index is 13.2. The molecule has 28 heavy (non-hydrogen) atoms. The van der Waals surface area contributed by atoms with E-state index >= 15 is 0 Å². The summed E-state index contributed by atoms with van der Waals surface area (Å²) in [7, 11) is 2.59. The summed E-state index contributed by atoms with van der Waals surface area (Å²) in [6.45, 7) is 1.67. The van der Waals surface area contributed by atoms with Crippen LogP contribution in [0.2, 0.25) is 0 Å². The lowest BCUT2D eigenvalue weighted by molar-refractivity contribution is -0.139. The van der Waals surface area contributed by atoms with Gasteiger partial charge < -0.3 is 9.47 Å². The molecule has 2 aromatic carbocycles. The number of methoxy groups -OCH3 is 2. The van der Waals surface area contributed by atoms with Gasteiger partial charge in [-0.25, -0.2) is 9.78 Å².